The fraction of sp³-hybridized carbons (Fsp3) is 0.333. The second kappa shape index (κ2) is 7.71. The average Bonchev–Trinajstić information content (AvgIpc) is 2.44. The van der Waals surface area contributed by atoms with Crippen LogP contribution >= 0.6 is 15.9 Å². The van der Waals surface area contributed by atoms with Crippen LogP contribution in [-0.2, 0) is 9.53 Å². The van der Waals surface area contributed by atoms with E-state index in [2.05, 4.69) is 36.7 Å². The van der Waals surface area contributed by atoms with Crippen LogP contribution < -0.4 is 5.32 Å². The van der Waals surface area contributed by atoms with E-state index in [9.17, 15) is 9.59 Å². The second-order valence-corrected chi connectivity index (χ2v) is 4.91. The third kappa shape index (κ3) is 4.39. The molecule has 0 unspecified atom stereocenters. The number of methoxy groups -OCH3 is 1. The van der Waals surface area contributed by atoms with Crippen molar-refractivity contribution < 1.29 is 14.3 Å². The number of rotatable bonds is 4. The quantitative estimate of drug-likeness (QED) is 0.677. The summed E-state index contributed by atoms with van der Waals surface area (Å²) in [5.74, 6) is 2.01. The minimum absolute atomic E-state index is 0.0510. The topological polar surface area (TPSA) is 55.4 Å². The van der Waals surface area contributed by atoms with Crippen molar-refractivity contribution in [3.63, 3.8) is 0 Å². The number of amides is 1. The van der Waals surface area contributed by atoms with Crippen LogP contribution in [0.5, 0.6) is 0 Å². The van der Waals surface area contributed by atoms with Crippen molar-refractivity contribution in [2.45, 2.75) is 19.9 Å². The molecule has 0 aliphatic rings. The van der Waals surface area contributed by atoms with Crippen LogP contribution in [0.2, 0.25) is 0 Å². The smallest absolute Gasteiger partial charge is 0.328 e. The molecule has 0 radical (unpaired) electrons. The molecule has 0 fully saturated rings. The minimum Gasteiger partial charge on any atom is -0.467 e. The van der Waals surface area contributed by atoms with Gasteiger partial charge in [0.05, 0.1) is 7.11 Å². The van der Waals surface area contributed by atoms with E-state index in [1.807, 2.05) is 13.8 Å². The highest BCUT2D eigenvalue weighted by Crippen LogP contribution is 2.08. The number of nitrogens with one attached hydrogen (secondary N) is 1. The van der Waals surface area contributed by atoms with Gasteiger partial charge < -0.3 is 10.1 Å². The molecule has 0 heterocycles. The lowest BCUT2D eigenvalue weighted by molar-refractivity contribution is -0.144. The Morgan fingerprint density at radius 2 is 1.85 bits per heavy atom. The summed E-state index contributed by atoms with van der Waals surface area (Å²) >= 11 is 3.01. The summed E-state index contributed by atoms with van der Waals surface area (Å²) in [4.78, 5) is 26.3. The van der Waals surface area contributed by atoms with Gasteiger partial charge in [0.2, 0.25) is 0 Å². The first kappa shape index (κ1) is 16.3. The van der Waals surface area contributed by atoms with E-state index in [0.717, 1.165) is 5.56 Å². The van der Waals surface area contributed by atoms with Gasteiger partial charge in [0.1, 0.15) is 6.04 Å². The van der Waals surface area contributed by atoms with Gasteiger partial charge in [-0.05, 0) is 35.0 Å². The molecular formula is C15H16BrNO3. The van der Waals surface area contributed by atoms with Crippen molar-refractivity contribution >= 4 is 27.8 Å². The maximum atomic E-state index is 12.1. The SMILES string of the molecule is COC(=O)[C@@H](NC(=O)c1ccc(C#CBr)cc1)C(C)C. The molecule has 0 aliphatic heterocycles. The minimum atomic E-state index is -0.658. The van der Waals surface area contributed by atoms with E-state index in [4.69, 9.17) is 0 Å². The molecule has 4 nitrogen and oxygen atoms in total. The Morgan fingerprint density at radius 3 is 2.30 bits per heavy atom. The van der Waals surface area contributed by atoms with Gasteiger partial charge in [-0.1, -0.05) is 19.8 Å². The lowest BCUT2D eigenvalue weighted by Gasteiger charge is -2.19. The first-order valence-electron chi connectivity index (χ1n) is 6.10. The predicted molar refractivity (Wildman–Crippen MR) is 80.4 cm³/mol. The van der Waals surface area contributed by atoms with Gasteiger partial charge in [-0.2, -0.15) is 0 Å². The number of hydrogen-bond donors (Lipinski definition) is 1. The zero-order chi connectivity index (χ0) is 15.1. The van der Waals surface area contributed by atoms with Gasteiger partial charge in [-0.25, -0.2) is 4.79 Å². The Hall–Kier alpha value is -1.80. The molecule has 1 atom stereocenters. The number of benzene rings is 1. The Labute approximate surface area is 127 Å². The average molecular weight is 338 g/mol. The summed E-state index contributed by atoms with van der Waals surface area (Å²) in [7, 11) is 1.30. The molecular weight excluding hydrogens is 322 g/mol. The standard InChI is InChI=1S/C15H16BrNO3/c1-10(2)13(15(19)20-3)17-14(18)12-6-4-11(5-7-12)8-9-16/h4-7,10,13H,1-3H3,(H,17,18)/t13-/m0/s1. The molecule has 0 aromatic heterocycles. The number of carbonyl (C=O) groups is 2. The Kier molecular flexibility index (Phi) is 6.26. The normalized spacial score (nSPS) is 11.2. The molecule has 1 amide bonds. The first-order valence-corrected chi connectivity index (χ1v) is 6.89. The summed E-state index contributed by atoms with van der Waals surface area (Å²) < 4.78 is 4.68. The maximum Gasteiger partial charge on any atom is 0.328 e. The maximum absolute atomic E-state index is 12.1. The lowest BCUT2D eigenvalue weighted by atomic mass is 10.0. The van der Waals surface area contributed by atoms with Crippen LogP contribution in [0, 0.1) is 16.7 Å². The number of ether oxygens (including phenoxy) is 1. The van der Waals surface area contributed by atoms with Crippen molar-refractivity contribution in [2.75, 3.05) is 7.11 Å². The molecule has 0 saturated carbocycles. The summed E-state index contributed by atoms with van der Waals surface area (Å²) in [6.45, 7) is 3.69. The second-order valence-electron chi connectivity index (χ2n) is 4.52. The van der Waals surface area contributed by atoms with Crippen LogP contribution in [-0.4, -0.2) is 25.0 Å². The van der Waals surface area contributed by atoms with Gasteiger partial charge in [-0.3, -0.25) is 4.79 Å². The van der Waals surface area contributed by atoms with Gasteiger partial charge >= 0.3 is 5.97 Å². The van der Waals surface area contributed by atoms with E-state index < -0.39 is 12.0 Å². The third-order valence-corrected chi connectivity index (χ3v) is 2.95. The van der Waals surface area contributed by atoms with Crippen LogP contribution in [0.3, 0.4) is 0 Å². The number of esters is 1. The Balaban J connectivity index is 2.82. The molecule has 106 valence electrons. The molecule has 1 rings (SSSR count). The highest BCUT2D eigenvalue weighted by atomic mass is 79.9. The van der Waals surface area contributed by atoms with Gasteiger partial charge in [0, 0.05) is 27.1 Å². The van der Waals surface area contributed by atoms with Crippen LogP contribution in [0.1, 0.15) is 29.8 Å². The Morgan fingerprint density at radius 1 is 1.25 bits per heavy atom. The zero-order valence-corrected chi connectivity index (χ0v) is 13.2. The van der Waals surface area contributed by atoms with E-state index in [-0.39, 0.29) is 11.8 Å². The van der Waals surface area contributed by atoms with Crippen molar-refractivity contribution in [1.82, 2.24) is 5.32 Å². The van der Waals surface area contributed by atoms with E-state index >= 15 is 0 Å². The number of hydrogen-bond acceptors (Lipinski definition) is 3. The summed E-state index contributed by atoms with van der Waals surface area (Å²) in [6, 6.07) is 6.15. The molecule has 0 aliphatic carbocycles. The monoisotopic (exact) mass is 337 g/mol. The fourth-order valence-corrected chi connectivity index (χ4v) is 1.84. The van der Waals surface area contributed by atoms with Gasteiger partial charge in [0.15, 0.2) is 0 Å². The number of halogens is 1. The molecule has 1 N–H and O–H groups in total. The first-order chi connectivity index (χ1) is 9.49. The van der Waals surface area contributed by atoms with Gasteiger partial charge in [0.25, 0.3) is 5.91 Å². The summed E-state index contributed by atoms with van der Waals surface area (Å²) in [5, 5.41) is 2.68. The van der Waals surface area contributed by atoms with Crippen molar-refractivity contribution in [2.24, 2.45) is 5.92 Å². The predicted octanol–water partition coefficient (Wildman–Crippen LogP) is 2.32. The molecule has 0 spiro atoms. The van der Waals surface area contributed by atoms with Crippen LogP contribution in [0.15, 0.2) is 24.3 Å². The lowest BCUT2D eigenvalue weighted by Crippen LogP contribution is -2.45. The Bertz CT molecular complexity index is 540. The van der Waals surface area contributed by atoms with Crippen molar-refractivity contribution in [3.05, 3.63) is 35.4 Å². The molecule has 0 bridgehead atoms. The molecule has 1 aromatic rings. The summed E-state index contributed by atoms with van der Waals surface area (Å²) in [5.41, 5.74) is 1.27. The van der Waals surface area contributed by atoms with E-state index in [0.29, 0.717) is 5.56 Å². The molecule has 5 heteroatoms. The van der Waals surface area contributed by atoms with Crippen molar-refractivity contribution in [3.8, 4) is 10.8 Å². The molecule has 1 aromatic carbocycles. The van der Waals surface area contributed by atoms with E-state index in [1.54, 1.807) is 24.3 Å². The largest absolute Gasteiger partial charge is 0.467 e. The molecule has 0 saturated heterocycles. The highest BCUT2D eigenvalue weighted by molar-refractivity contribution is 9.12. The third-order valence-electron chi connectivity index (χ3n) is 2.75. The fourth-order valence-electron chi connectivity index (χ4n) is 1.61. The van der Waals surface area contributed by atoms with Gasteiger partial charge in [-0.15, -0.1) is 0 Å². The van der Waals surface area contributed by atoms with Crippen LogP contribution in [0.25, 0.3) is 0 Å². The highest BCUT2D eigenvalue weighted by Gasteiger charge is 2.25. The van der Waals surface area contributed by atoms with Crippen molar-refractivity contribution in [1.29, 1.82) is 0 Å². The zero-order valence-electron chi connectivity index (χ0n) is 11.6. The number of carbonyl (C=O) groups excluding carboxylic acids is 2. The summed E-state index contributed by atoms with van der Waals surface area (Å²) in [6.07, 6.45) is 0. The van der Waals surface area contributed by atoms with Crippen LogP contribution in [0.4, 0.5) is 0 Å². The van der Waals surface area contributed by atoms with E-state index in [1.165, 1.54) is 7.11 Å². The molecule has 20 heavy (non-hydrogen) atoms.